The Morgan fingerprint density at radius 3 is 2.41 bits per heavy atom. The summed E-state index contributed by atoms with van der Waals surface area (Å²) in [6.07, 6.45) is -5.10. The van der Waals surface area contributed by atoms with Gasteiger partial charge in [0, 0.05) is 10.7 Å². The normalized spacial score (nSPS) is 12.5. The second kappa shape index (κ2) is 4.22. The van der Waals surface area contributed by atoms with Crippen molar-refractivity contribution in [1.29, 1.82) is 0 Å². The van der Waals surface area contributed by atoms with E-state index in [-0.39, 0.29) is 5.56 Å². The maximum absolute atomic E-state index is 11.9. The first-order chi connectivity index (χ1) is 7.50. The Balaban J connectivity index is 3.35. The fourth-order valence-corrected chi connectivity index (χ4v) is 2.10. The van der Waals surface area contributed by atoms with Crippen LogP contribution in [-0.2, 0) is 9.05 Å². The fourth-order valence-electron chi connectivity index (χ4n) is 0.998. The maximum Gasteiger partial charge on any atom is 0.574 e. The minimum absolute atomic E-state index is 0.105. The lowest BCUT2D eigenvalue weighted by Crippen LogP contribution is -2.18. The number of aromatic hydroxyl groups is 1. The number of alkyl halides is 3. The van der Waals surface area contributed by atoms with Crippen LogP contribution in [0.5, 0.6) is 11.6 Å². The summed E-state index contributed by atoms with van der Waals surface area (Å²) < 4.78 is 61.0. The van der Waals surface area contributed by atoms with Gasteiger partial charge in [-0.1, -0.05) is 0 Å². The lowest BCUT2D eigenvalue weighted by Gasteiger charge is -2.11. The van der Waals surface area contributed by atoms with Crippen LogP contribution in [-0.4, -0.2) is 24.9 Å². The third-order valence-corrected chi connectivity index (χ3v) is 2.87. The number of hydrogen-bond donors (Lipinski definition) is 1. The zero-order valence-electron chi connectivity index (χ0n) is 8.12. The highest BCUT2D eigenvalue weighted by atomic mass is 35.7. The van der Waals surface area contributed by atoms with Crippen LogP contribution in [0.15, 0.2) is 11.1 Å². The number of pyridine rings is 1. The van der Waals surface area contributed by atoms with Gasteiger partial charge in [0.05, 0.1) is 0 Å². The minimum Gasteiger partial charge on any atom is -0.503 e. The van der Waals surface area contributed by atoms with Gasteiger partial charge in [0.15, 0.2) is 10.8 Å². The van der Waals surface area contributed by atoms with Crippen LogP contribution >= 0.6 is 10.7 Å². The Labute approximate surface area is 98.2 Å². The molecule has 0 radical (unpaired) electrons. The molecule has 0 unspecified atom stereocenters. The molecule has 10 heteroatoms. The summed E-state index contributed by atoms with van der Waals surface area (Å²) in [5.74, 6) is -2.22. The number of nitrogens with zero attached hydrogens (tertiary/aromatic N) is 1. The lowest BCUT2D eigenvalue weighted by atomic mass is 10.3. The number of hydrogen-bond acceptors (Lipinski definition) is 5. The highest BCUT2D eigenvalue weighted by molar-refractivity contribution is 8.13. The predicted octanol–water partition coefficient (Wildman–Crippen LogP) is 1.92. The number of aryl methyl sites for hydroxylation is 1. The first-order valence-electron chi connectivity index (χ1n) is 3.92. The maximum atomic E-state index is 11.9. The van der Waals surface area contributed by atoms with Crippen molar-refractivity contribution in [3.63, 3.8) is 0 Å². The summed E-state index contributed by atoms with van der Waals surface area (Å²) in [5, 5.41) is 8.31. The summed E-state index contributed by atoms with van der Waals surface area (Å²) in [6.45, 7) is 1.21. The van der Waals surface area contributed by atoms with Crippen molar-refractivity contribution >= 4 is 19.7 Å². The van der Waals surface area contributed by atoms with Gasteiger partial charge in [0.25, 0.3) is 14.9 Å². The predicted molar refractivity (Wildman–Crippen MR) is 50.4 cm³/mol. The molecule has 0 fully saturated rings. The Kier molecular flexibility index (Phi) is 3.44. The van der Waals surface area contributed by atoms with Crippen LogP contribution in [0.3, 0.4) is 0 Å². The van der Waals surface area contributed by atoms with E-state index in [9.17, 15) is 21.6 Å². The van der Waals surface area contributed by atoms with E-state index in [0.29, 0.717) is 0 Å². The molecule has 5 nitrogen and oxygen atoms in total. The van der Waals surface area contributed by atoms with E-state index in [0.717, 1.165) is 6.07 Å². The van der Waals surface area contributed by atoms with Crippen LogP contribution < -0.4 is 4.74 Å². The lowest BCUT2D eigenvalue weighted by molar-refractivity contribution is -0.276. The van der Waals surface area contributed by atoms with E-state index < -0.39 is 32.1 Å². The number of rotatable bonds is 2. The molecule has 0 saturated heterocycles. The Morgan fingerprint density at radius 2 is 2.00 bits per heavy atom. The third kappa shape index (κ3) is 3.63. The summed E-state index contributed by atoms with van der Waals surface area (Å²) in [5.41, 5.74) is -0.105. The molecule has 1 aromatic rings. The molecule has 0 spiro atoms. The van der Waals surface area contributed by atoms with Crippen molar-refractivity contribution in [2.75, 3.05) is 0 Å². The Hall–Kier alpha value is -1.22. The van der Waals surface area contributed by atoms with Crippen LogP contribution in [0.2, 0.25) is 0 Å². The number of halogens is 4. The van der Waals surface area contributed by atoms with Gasteiger partial charge in [-0.25, -0.2) is 8.42 Å². The molecule has 96 valence electrons. The first kappa shape index (κ1) is 13.8. The molecule has 1 N–H and O–H groups in total. The fraction of sp³-hybridized carbons (Fsp3) is 0.286. The molecule has 0 aliphatic rings. The Morgan fingerprint density at radius 1 is 1.47 bits per heavy atom. The zero-order chi connectivity index (χ0) is 13.4. The average Bonchev–Trinajstić information content (AvgIpc) is 2.05. The second-order valence-electron chi connectivity index (χ2n) is 2.92. The highest BCUT2D eigenvalue weighted by Gasteiger charge is 2.34. The second-order valence-corrected chi connectivity index (χ2v) is 5.40. The van der Waals surface area contributed by atoms with Gasteiger partial charge in [-0.2, -0.15) is 4.98 Å². The van der Waals surface area contributed by atoms with E-state index >= 15 is 0 Å². The largest absolute Gasteiger partial charge is 0.574 e. The van der Waals surface area contributed by atoms with Crippen molar-refractivity contribution in [3.05, 3.63) is 11.6 Å². The molecule has 0 saturated carbocycles. The van der Waals surface area contributed by atoms with Gasteiger partial charge in [0.1, 0.15) is 0 Å². The number of aromatic nitrogens is 1. The number of ether oxygens (including phenoxy) is 1. The smallest absolute Gasteiger partial charge is 0.503 e. The van der Waals surface area contributed by atoms with Crippen molar-refractivity contribution in [2.45, 2.75) is 18.3 Å². The first-order valence-corrected chi connectivity index (χ1v) is 6.22. The van der Waals surface area contributed by atoms with Crippen LogP contribution in [0.25, 0.3) is 0 Å². The highest BCUT2D eigenvalue weighted by Crippen LogP contribution is 2.32. The minimum atomic E-state index is -5.10. The summed E-state index contributed by atoms with van der Waals surface area (Å²) >= 11 is 0. The molecule has 0 amide bonds. The van der Waals surface area contributed by atoms with Gasteiger partial charge >= 0.3 is 6.36 Å². The molecule has 17 heavy (non-hydrogen) atoms. The molecular weight excluding hydrogens is 287 g/mol. The average molecular weight is 292 g/mol. The monoisotopic (exact) mass is 291 g/mol. The standard InChI is InChI=1S/C7H5ClF3NO4S/c1-3-2-4(13)5(16-7(9,10)11)12-6(3)17(8,14)15/h2,13H,1H3. The molecule has 1 rings (SSSR count). The van der Waals surface area contributed by atoms with Crippen molar-refractivity contribution < 1.29 is 31.4 Å². The van der Waals surface area contributed by atoms with Crippen LogP contribution in [0.4, 0.5) is 13.2 Å². The summed E-state index contributed by atoms with van der Waals surface area (Å²) in [7, 11) is 0.625. The molecule has 0 aliphatic heterocycles. The molecule has 0 aromatic carbocycles. The van der Waals surface area contributed by atoms with Gasteiger partial charge in [0.2, 0.25) is 0 Å². The molecule has 1 aromatic heterocycles. The third-order valence-electron chi connectivity index (χ3n) is 1.56. The summed E-state index contributed by atoms with van der Waals surface area (Å²) in [4.78, 5) is 3.02. The van der Waals surface area contributed by atoms with Gasteiger partial charge in [-0.15, -0.1) is 13.2 Å². The molecular formula is C7H5ClF3NO4S. The van der Waals surface area contributed by atoms with Crippen LogP contribution in [0.1, 0.15) is 5.56 Å². The van der Waals surface area contributed by atoms with E-state index in [1.165, 1.54) is 6.92 Å². The SMILES string of the molecule is Cc1cc(O)c(OC(F)(F)F)nc1S(=O)(=O)Cl. The van der Waals surface area contributed by atoms with Gasteiger partial charge in [-0.3, -0.25) is 0 Å². The van der Waals surface area contributed by atoms with Crippen LogP contribution in [0, 0.1) is 6.92 Å². The summed E-state index contributed by atoms with van der Waals surface area (Å²) in [6, 6.07) is 0.753. The molecule has 0 aliphatic carbocycles. The van der Waals surface area contributed by atoms with Gasteiger partial charge < -0.3 is 9.84 Å². The van der Waals surface area contributed by atoms with Crippen molar-refractivity contribution in [1.82, 2.24) is 4.98 Å². The topological polar surface area (TPSA) is 76.5 Å². The van der Waals surface area contributed by atoms with Gasteiger partial charge in [-0.05, 0) is 18.6 Å². The van der Waals surface area contributed by atoms with E-state index in [4.69, 9.17) is 15.8 Å². The quantitative estimate of drug-likeness (QED) is 0.843. The molecule has 1 heterocycles. The van der Waals surface area contributed by atoms with E-state index in [1.807, 2.05) is 0 Å². The zero-order valence-corrected chi connectivity index (χ0v) is 9.69. The Bertz CT molecular complexity index is 543. The van der Waals surface area contributed by atoms with E-state index in [1.54, 1.807) is 0 Å². The van der Waals surface area contributed by atoms with Crippen molar-refractivity contribution in [2.24, 2.45) is 0 Å². The van der Waals surface area contributed by atoms with Crippen molar-refractivity contribution in [3.8, 4) is 11.6 Å². The molecule has 0 bridgehead atoms. The molecule has 0 atom stereocenters. The van der Waals surface area contributed by atoms with E-state index in [2.05, 4.69) is 9.72 Å².